The summed E-state index contributed by atoms with van der Waals surface area (Å²) in [6, 6.07) is 110. The third kappa shape index (κ3) is 9.10. The molecule has 0 atom stereocenters. The normalized spacial score (nSPS) is 12.9. The number of fused-ring (bicyclic) bond motifs is 6. The van der Waals surface area contributed by atoms with Gasteiger partial charge in [0.25, 0.3) is 6.71 Å². The van der Waals surface area contributed by atoms with Crippen LogP contribution in [0.15, 0.2) is 291 Å². The molecule has 418 valence electrons. The summed E-state index contributed by atoms with van der Waals surface area (Å²) >= 11 is 0. The fourth-order valence-electron chi connectivity index (χ4n) is 14.3. The zero-order valence-electron chi connectivity index (χ0n) is 50.7. The van der Waals surface area contributed by atoms with Crippen molar-refractivity contribution < 1.29 is 0 Å². The van der Waals surface area contributed by atoms with Crippen LogP contribution in [0.1, 0.15) is 76.3 Å². The molecule has 0 amide bonds. The van der Waals surface area contributed by atoms with Crippen LogP contribution in [-0.4, -0.2) is 6.71 Å². The molecule has 0 fully saturated rings. The van der Waals surface area contributed by atoms with Crippen LogP contribution in [0, 0.1) is 0 Å². The van der Waals surface area contributed by atoms with E-state index in [4.69, 9.17) is 0 Å². The van der Waals surface area contributed by atoms with E-state index in [0.717, 1.165) is 22.5 Å². The van der Waals surface area contributed by atoms with E-state index in [-0.39, 0.29) is 23.0 Å². The lowest BCUT2D eigenvalue weighted by molar-refractivity contribution is 0.590. The monoisotopic (exact) mass is 1120 g/mol. The first-order valence-electron chi connectivity index (χ1n) is 30.8. The zero-order chi connectivity index (χ0) is 59.2. The maximum Gasteiger partial charge on any atom is 0.252 e. The molecule has 2 aliphatic rings. The minimum Gasteiger partial charge on any atom is -0.311 e. The molecule has 0 saturated heterocycles. The summed E-state index contributed by atoms with van der Waals surface area (Å²) in [6.45, 7) is 16.4. The lowest BCUT2D eigenvalue weighted by atomic mass is 9.33. The Balaban J connectivity index is 1.06. The van der Waals surface area contributed by atoms with E-state index in [1.165, 1.54) is 122 Å². The molecule has 0 aromatic heterocycles. The first kappa shape index (κ1) is 53.7. The highest BCUT2D eigenvalue weighted by Gasteiger charge is 2.45. The highest BCUT2D eigenvalue weighted by Crippen LogP contribution is 2.51. The molecular weight excluding hydrogens is 1050 g/mol. The highest BCUT2D eigenvalue weighted by atomic mass is 15.2. The van der Waals surface area contributed by atoms with Gasteiger partial charge in [0.15, 0.2) is 0 Å². The Morgan fingerprint density at radius 3 is 1.06 bits per heavy atom. The number of anilines is 6. The zero-order valence-corrected chi connectivity index (χ0v) is 50.7. The molecule has 0 aliphatic carbocycles. The minimum atomic E-state index is -0.285. The van der Waals surface area contributed by atoms with Crippen molar-refractivity contribution in [1.29, 1.82) is 0 Å². The lowest BCUT2D eigenvalue weighted by Gasteiger charge is -2.45. The van der Waals surface area contributed by atoms with Crippen LogP contribution in [0.4, 0.5) is 34.1 Å². The van der Waals surface area contributed by atoms with Crippen molar-refractivity contribution in [2.45, 2.75) is 64.7 Å². The van der Waals surface area contributed by atoms with Gasteiger partial charge >= 0.3 is 0 Å². The number of nitrogens with zero attached hydrogens (tertiary/aromatic N) is 2. The van der Waals surface area contributed by atoms with Crippen molar-refractivity contribution in [2.75, 3.05) is 9.80 Å². The summed E-state index contributed by atoms with van der Waals surface area (Å²) in [5.74, 6) is 0. The van der Waals surface area contributed by atoms with Gasteiger partial charge in [-0.05, 0) is 182 Å². The molecule has 0 spiro atoms. The van der Waals surface area contributed by atoms with E-state index in [9.17, 15) is 0 Å². The summed E-state index contributed by atoms with van der Waals surface area (Å²) < 4.78 is 0. The molecule has 2 aliphatic heterocycles. The average Bonchev–Trinajstić information content (AvgIpc) is 0.934. The third-order valence-electron chi connectivity index (χ3n) is 19.1. The van der Waals surface area contributed by atoms with E-state index in [1.807, 2.05) is 0 Å². The fraction of sp³-hybridized carbons (Fsp3) is 0.119. The third-order valence-corrected chi connectivity index (χ3v) is 19.1. The van der Waals surface area contributed by atoms with Crippen LogP contribution < -0.4 is 26.2 Å². The molecule has 0 bridgehead atoms. The lowest BCUT2D eigenvalue weighted by Crippen LogP contribution is -2.61. The SMILES string of the molecule is CC(C)(C)c1cccc(-c2cc(-c3cc4c5c(c3)N(c3ccccc3)c3cc(C(C)(C)c6ccccc6)ccc3B5c3ccc(C(C)(C)c5ccccc5)cc3N4c3ccccc3)cc(-c3c4ccccc4c(-c4ccccc4)c4ccccc34)c2)c1. The van der Waals surface area contributed by atoms with Crippen molar-refractivity contribution in [3.8, 4) is 44.5 Å². The fourth-order valence-corrected chi connectivity index (χ4v) is 14.3. The largest absolute Gasteiger partial charge is 0.311 e. The van der Waals surface area contributed by atoms with Crippen LogP contribution in [0.5, 0.6) is 0 Å². The topological polar surface area (TPSA) is 6.48 Å². The molecule has 2 nitrogen and oxygen atoms in total. The second-order valence-electron chi connectivity index (χ2n) is 26.1. The molecule has 13 aromatic rings. The van der Waals surface area contributed by atoms with Crippen LogP contribution >= 0.6 is 0 Å². The van der Waals surface area contributed by atoms with Gasteiger partial charge in [0.2, 0.25) is 0 Å². The van der Waals surface area contributed by atoms with Gasteiger partial charge in [-0.25, -0.2) is 0 Å². The molecular formula is C84H69BN2. The van der Waals surface area contributed by atoms with Gasteiger partial charge in [-0.2, -0.15) is 0 Å². The van der Waals surface area contributed by atoms with Crippen molar-refractivity contribution >= 4 is 78.8 Å². The summed E-state index contributed by atoms with van der Waals surface area (Å²) in [5, 5.41) is 4.93. The predicted octanol–water partition coefficient (Wildman–Crippen LogP) is 20.7. The molecule has 2 heterocycles. The van der Waals surface area contributed by atoms with Crippen LogP contribution in [0.3, 0.4) is 0 Å². The maximum atomic E-state index is 2.58. The smallest absolute Gasteiger partial charge is 0.252 e. The Hall–Kier alpha value is -9.96. The molecule has 3 heteroatoms. The summed E-state index contributed by atoms with van der Waals surface area (Å²) in [7, 11) is 0. The molecule has 87 heavy (non-hydrogen) atoms. The Kier molecular flexibility index (Phi) is 12.9. The van der Waals surface area contributed by atoms with E-state index in [1.54, 1.807) is 0 Å². The maximum absolute atomic E-state index is 2.58. The van der Waals surface area contributed by atoms with Crippen LogP contribution in [0.25, 0.3) is 66.1 Å². The molecule has 0 radical (unpaired) electrons. The van der Waals surface area contributed by atoms with Gasteiger partial charge < -0.3 is 9.80 Å². The van der Waals surface area contributed by atoms with E-state index in [2.05, 4.69) is 349 Å². The van der Waals surface area contributed by atoms with E-state index >= 15 is 0 Å². The van der Waals surface area contributed by atoms with Crippen LogP contribution in [-0.2, 0) is 16.2 Å². The van der Waals surface area contributed by atoms with Crippen molar-refractivity contribution in [2.24, 2.45) is 0 Å². The summed E-state index contributed by atoms with van der Waals surface area (Å²) in [5.41, 5.74) is 26.2. The quantitative estimate of drug-likeness (QED) is 0.0995. The number of hydrogen-bond acceptors (Lipinski definition) is 2. The van der Waals surface area contributed by atoms with E-state index < -0.39 is 0 Å². The first-order valence-corrected chi connectivity index (χ1v) is 30.8. The van der Waals surface area contributed by atoms with Gasteiger partial charge in [0, 0.05) is 45.0 Å². The van der Waals surface area contributed by atoms with Gasteiger partial charge in [-0.1, -0.05) is 273 Å². The Bertz CT molecular complexity index is 4550. The second kappa shape index (κ2) is 20.9. The van der Waals surface area contributed by atoms with Crippen LogP contribution in [0.2, 0.25) is 0 Å². The molecule has 0 unspecified atom stereocenters. The Morgan fingerprint density at radius 1 is 0.253 bits per heavy atom. The standard InChI is InChI=1S/C84H69BN2/c1-82(2,3)64-35-27-30-57(51-64)58-48-59(50-61(49-58)80-71-42-25-23-40-69(71)79(56-28-13-8-14-29-56)70-41-24-26-43-72(70)80)60-52-77-81-78(53-60)87(68-38-21-12-22-39-68)76-55-66(84(6,7)63-33-17-10-18-34-63)45-47-74(76)85(81)73-46-44-65(83(4,5)62-31-15-9-16-32-62)54-75(73)86(77)67-36-19-11-20-37-67/h8-55H,1-7H3. The number of benzene rings is 13. The average molecular weight is 1120 g/mol. The number of hydrogen-bond donors (Lipinski definition) is 0. The van der Waals surface area contributed by atoms with E-state index in [0.29, 0.717) is 0 Å². The minimum absolute atomic E-state index is 0.0471. The molecule has 0 saturated carbocycles. The molecule has 13 aromatic carbocycles. The number of para-hydroxylation sites is 2. The van der Waals surface area contributed by atoms with Gasteiger partial charge in [0.1, 0.15) is 0 Å². The number of rotatable bonds is 10. The summed E-state index contributed by atoms with van der Waals surface area (Å²) in [6.07, 6.45) is 0. The Labute approximate surface area is 513 Å². The van der Waals surface area contributed by atoms with Crippen molar-refractivity contribution in [1.82, 2.24) is 0 Å². The predicted molar refractivity (Wildman–Crippen MR) is 373 cm³/mol. The van der Waals surface area contributed by atoms with Gasteiger partial charge in [0.05, 0.1) is 0 Å². The molecule has 15 rings (SSSR count). The highest BCUT2D eigenvalue weighted by molar-refractivity contribution is 7.00. The first-order chi connectivity index (χ1) is 42.3. The van der Waals surface area contributed by atoms with Crippen molar-refractivity contribution in [3.63, 3.8) is 0 Å². The second-order valence-corrected chi connectivity index (χ2v) is 26.1. The molecule has 0 N–H and O–H groups in total. The summed E-state index contributed by atoms with van der Waals surface area (Å²) in [4.78, 5) is 5.17. The van der Waals surface area contributed by atoms with Gasteiger partial charge in [-0.3, -0.25) is 0 Å². The Morgan fingerprint density at radius 2 is 0.609 bits per heavy atom. The van der Waals surface area contributed by atoms with Gasteiger partial charge in [-0.15, -0.1) is 0 Å². The van der Waals surface area contributed by atoms with Crippen molar-refractivity contribution in [3.05, 3.63) is 319 Å².